The summed E-state index contributed by atoms with van der Waals surface area (Å²) in [6.07, 6.45) is 7.26. The van der Waals surface area contributed by atoms with Gasteiger partial charge >= 0.3 is 0 Å². The van der Waals surface area contributed by atoms with E-state index in [1.54, 1.807) is 7.11 Å². The van der Waals surface area contributed by atoms with Gasteiger partial charge in [-0.25, -0.2) is 0 Å². The van der Waals surface area contributed by atoms with Gasteiger partial charge in [0.1, 0.15) is 5.76 Å². The van der Waals surface area contributed by atoms with Crippen LogP contribution in [0.3, 0.4) is 0 Å². The third-order valence-electron chi connectivity index (χ3n) is 2.04. The van der Waals surface area contributed by atoms with E-state index in [9.17, 15) is 0 Å². The minimum absolute atomic E-state index is 0.976. The van der Waals surface area contributed by atoms with E-state index in [2.05, 4.69) is 26.0 Å². The average molecular weight is 180 g/mol. The van der Waals surface area contributed by atoms with Crippen LogP contribution in [0.25, 0.3) is 0 Å². The van der Waals surface area contributed by atoms with Gasteiger partial charge in [0.15, 0.2) is 0 Å². The Hall–Kier alpha value is -0.980. The van der Waals surface area contributed by atoms with E-state index in [-0.39, 0.29) is 0 Å². The topological polar surface area (TPSA) is 9.23 Å². The van der Waals surface area contributed by atoms with Crippen LogP contribution in [0.15, 0.2) is 35.1 Å². The van der Waals surface area contributed by atoms with E-state index in [0.29, 0.717) is 0 Å². The number of hydrogen-bond acceptors (Lipinski definition) is 1. The highest BCUT2D eigenvalue weighted by Gasteiger charge is 2.00. The maximum Gasteiger partial charge on any atom is 0.117 e. The highest BCUT2D eigenvalue weighted by atomic mass is 16.5. The summed E-state index contributed by atoms with van der Waals surface area (Å²) in [5.74, 6) is 0.976. The summed E-state index contributed by atoms with van der Waals surface area (Å²) >= 11 is 0. The van der Waals surface area contributed by atoms with Gasteiger partial charge in [-0.05, 0) is 38.8 Å². The van der Waals surface area contributed by atoms with Crippen molar-refractivity contribution in [2.75, 3.05) is 7.11 Å². The molecule has 0 atom stereocenters. The molecule has 0 unspecified atom stereocenters. The Bertz CT molecular complexity index is 232. The first-order valence-corrected chi connectivity index (χ1v) is 4.73. The predicted octanol–water partition coefficient (Wildman–Crippen LogP) is 3.84. The highest BCUT2D eigenvalue weighted by molar-refractivity contribution is 5.32. The van der Waals surface area contributed by atoms with Crippen LogP contribution in [0.4, 0.5) is 0 Å². The second-order valence-corrected chi connectivity index (χ2v) is 2.91. The first-order valence-electron chi connectivity index (χ1n) is 4.73. The molecule has 13 heavy (non-hydrogen) atoms. The van der Waals surface area contributed by atoms with E-state index in [0.717, 1.165) is 12.2 Å². The van der Waals surface area contributed by atoms with Crippen molar-refractivity contribution in [3.8, 4) is 0 Å². The molecule has 1 heteroatoms. The maximum absolute atomic E-state index is 5.26. The van der Waals surface area contributed by atoms with E-state index < -0.39 is 0 Å². The van der Waals surface area contributed by atoms with Crippen molar-refractivity contribution in [1.29, 1.82) is 0 Å². The van der Waals surface area contributed by atoms with Gasteiger partial charge in [0.2, 0.25) is 0 Å². The fraction of sp³-hybridized carbons (Fsp3) is 0.500. The molecule has 1 nitrogen and oxygen atoms in total. The molecule has 0 aliphatic carbocycles. The van der Waals surface area contributed by atoms with E-state index in [1.165, 1.54) is 11.1 Å². The van der Waals surface area contributed by atoms with Crippen molar-refractivity contribution in [3.05, 3.63) is 35.1 Å². The second-order valence-electron chi connectivity index (χ2n) is 2.91. The standard InChI is InChI=1S/C12H20O/c1-6-10(4)9-11(7-2)12(8-3)13-5/h6,8-9H,7H2,1-5H3/b10-6-,11-9-,12-8+. The molecule has 0 spiro atoms. The summed E-state index contributed by atoms with van der Waals surface area (Å²) < 4.78 is 5.26. The molecular weight excluding hydrogens is 160 g/mol. The number of allylic oxidation sites excluding steroid dienone is 5. The van der Waals surface area contributed by atoms with Crippen LogP contribution in [-0.2, 0) is 4.74 Å². The number of hydrogen-bond donors (Lipinski definition) is 0. The fourth-order valence-corrected chi connectivity index (χ4v) is 1.14. The van der Waals surface area contributed by atoms with Gasteiger partial charge in [-0.1, -0.05) is 24.6 Å². The van der Waals surface area contributed by atoms with Crippen molar-refractivity contribution in [3.63, 3.8) is 0 Å². The Kier molecular flexibility index (Phi) is 6.03. The molecule has 0 aromatic heterocycles. The van der Waals surface area contributed by atoms with Crippen LogP contribution in [-0.4, -0.2) is 7.11 Å². The molecule has 0 radical (unpaired) electrons. The Morgan fingerprint density at radius 3 is 2.15 bits per heavy atom. The third-order valence-corrected chi connectivity index (χ3v) is 2.04. The van der Waals surface area contributed by atoms with Crippen LogP contribution in [0.1, 0.15) is 34.1 Å². The molecule has 74 valence electrons. The molecule has 0 amide bonds. The molecule has 0 aliphatic heterocycles. The zero-order valence-electron chi connectivity index (χ0n) is 9.35. The van der Waals surface area contributed by atoms with E-state index in [1.807, 2.05) is 19.9 Å². The van der Waals surface area contributed by atoms with E-state index in [4.69, 9.17) is 4.74 Å². The number of rotatable bonds is 4. The first-order chi connectivity index (χ1) is 6.19. The average Bonchev–Trinajstić information content (AvgIpc) is 2.17. The molecule has 0 heterocycles. The summed E-state index contributed by atoms with van der Waals surface area (Å²) in [5, 5.41) is 0. The first kappa shape index (κ1) is 12.0. The monoisotopic (exact) mass is 180 g/mol. The lowest BCUT2D eigenvalue weighted by molar-refractivity contribution is 0.298. The number of ether oxygens (including phenoxy) is 1. The maximum atomic E-state index is 5.26. The highest BCUT2D eigenvalue weighted by Crippen LogP contribution is 2.16. The van der Waals surface area contributed by atoms with Gasteiger partial charge in [0.05, 0.1) is 7.11 Å². The predicted molar refractivity (Wildman–Crippen MR) is 58.6 cm³/mol. The smallest absolute Gasteiger partial charge is 0.117 e. The minimum atomic E-state index is 0.976. The summed E-state index contributed by atoms with van der Waals surface area (Å²) in [4.78, 5) is 0. The van der Waals surface area contributed by atoms with Crippen molar-refractivity contribution < 1.29 is 4.74 Å². The van der Waals surface area contributed by atoms with Crippen molar-refractivity contribution >= 4 is 0 Å². The molecular formula is C12H20O. The van der Waals surface area contributed by atoms with Gasteiger partial charge < -0.3 is 4.74 Å². The summed E-state index contributed by atoms with van der Waals surface area (Å²) in [7, 11) is 1.71. The van der Waals surface area contributed by atoms with Crippen LogP contribution >= 0.6 is 0 Å². The van der Waals surface area contributed by atoms with Gasteiger partial charge in [0.25, 0.3) is 0 Å². The zero-order valence-corrected chi connectivity index (χ0v) is 9.35. The van der Waals surface area contributed by atoms with Crippen LogP contribution in [0, 0.1) is 0 Å². The second kappa shape index (κ2) is 6.53. The lowest BCUT2D eigenvalue weighted by Crippen LogP contribution is -1.91. The Morgan fingerprint density at radius 2 is 1.85 bits per heavy atom. The Balaban J connectivity index is 4.78. The van der Waals surface area contributed by atoms with Crippen LogP contribution in [0.2, 0.25) is 0 Å². The van der Waals surface area contributed by atoms with Gasteiger partial charge in [-0.2, -0.15) is 0 Å². The van der Waals surface area contributed by atoms with Crippen molar-refractivity contribution in [2.45, 2.75) is 34.1 Å². The molecule has 0 fully saturated rings. The molecule has 0 saturated heterocycles. The SMILES string of the molecule is C\C=C(C)/C=C(CC)\C(=C/C)OC. The molecule has 0 N–H and O–H groups in total. The molecule has 0 saturated carbocycles. The lowest BCUT2D eigenvalue weighted by Gasteiger charge is -2.08. The summed E-state index contributed by atoms with van der Waals surface area (Å²) in [6.45, 7) is 8.27. The quantitative estimate of drug-likeness (QED) is 0.472. The third kappa shape index (κ3) is 3.97. The van der Waals surface area contributed by atoms with Crippen LogP contribution in [0.5, 0.6) is 0 Å². The van der Waals surface area contributed by atoms with E-state index >= 15 is 0 Å². The normalized spacial score (nSPS) is 14.7. The Labute approximate surface area is 81.8 Å². The fourth-order valence-electron chi connectivity index (χ4n) is 1.14. The lowest BCUT2D eigenvalue weighted by atomic mass is 10.1. The molecule has 0 aliphatic rings. The minimum Gasteiger partial charge on any atom is -0.497 e. The van der Waals surface area contributed by atoms with Crippen molar-refractivity contribution in [1.82, 2.24) is 0 Å². The zero-order chi connectivity index (χ0) is 10.3. The van der Waals surface area contributed by atoms with Gasteiger partial charge in [-0.15, -0.1) is 0 Å². The molecule has 0 aromatic carbocycles. The van der Waals surface area contributed by atoms with Crippen molar-refractivity contribution in [2.24, 2.45) is 0 Å². The number of methoxy groups -OCH3 is 1. The summed E-state index contributed by atoms with van der Waals surface area (Å²) in [5.41, 5.74) is 2.52. The molecule has 0 bridgehead atoms. The summed E-state index contributed by atoms with van der Waals surface area (Å²) in [6, 6.07) is 0. The van der Waals surface area contributed by atoms with Crippen LogP contribution < -0.4 is 0 Å². The largest absolute Gasteiger partial charge is 0.497 e. The van der Waals surface area contributed by atoms with Gasteiger partial charge in [0, 0.05) is 0 Å². The Morgan fingerprint density at radius 1 is 1.23 bits per heavy atom. The molecule has 0 aromatic rings. The molecule has 0 rings (SSSR count). The van der Waals surface area contributed by atoms with Gasteiger partial charge in [-0.3, -0.25) is 0 Å².